The molecule has 0 spiro atoms. The van der Waals surface area contributed by atoms with Crippen LogP contribution in [0.5, 0.6) is 0 Å². The topological polar surface area (TPSA) is 29.1 Å². The molecule has 1 amide bonds. The fourth-order valence-corrected chi connectivity index (χ4v) is 2.82. The number of rotatable bonds is 5. The number of hydrogen-bond acceptors (Lipinski definition) is 2. The Bertz CT molecular complexity index is 612. The van der Waals surface area contributed by atoms with Gasteiger partial charge >= 0.3 is 0 Å². The predicted molar refractivity (Wildman–Crippen MR) is 84.9 cm³/mol. The van der Waals surface area contributed by atoms with Gasteiger partial charge in [-0.1, -0.05) is 30.3 Å². The molecule has 4 heteroatoms. The molecule has 2 rings (SSSR count). The predicted octanol–water partition coefficient (Wildman–Crippen LogP) is 4.10. The lowest BCUT2D eigenvalue weighted by molar-refractivity contribution is -0.119. The van der Waals surface area contributed by atoms with E-state index < -0.39 is 0 Å². The third-order valence-corrected chi connectivity index (χ3v) is 4.38. The molecule has 0 aliphatic heterocycles. The molecule has 0 aliphatic carbocycles. The molecule has 2 nitrogen and oxygen atoms in total. The third kappa shape index (κ3) is 4.60. The van der Waals surface area contributed by atoms with Crippen LogP contribution in [-0.2, 0) is 4.79 Å². The second-order valence-corrected chi connectivity index (χ2v) is 5.91. The Hall–Kier alpha value is -1.81. The van der Waals surface area contributed by atoms with Crippen molar-refractivity contribution in [2.75, 3.05) is 5.75 Å². The van der Waals surface area contributed by atoms with E-state index in [-0.39, 0.29) is 17.8 Å². The summed E-state index contributed by atoms with van der Waals surface area (Å²) in [6, 6.07) is 14.0. The second-order valence-electron chi connectivity index (χ2n) is 4.89. The first-order valence-corrected chi connectivity index (χ1v) is 7.78. The molecule has 0 aromatic heterocycles. The Morgan fingerprint density at radius 3 is 2.52 bits per heavy atom. The van der Waals surface area contributed by atoms with E-state index in [1.165, 1.54) is 29.5 Å². The SMILES string of the molecule is Cc1ccccc1SCC(=O)NC(C)c1ccc(F)cc1. The van der Waals surface area contributed by atoms with Crippen LogP contribution >= 0.6 is 11.8 Å². The zero-order chi connectivity index (χ0) is 15.2. The lowest BCUT2D eigenvalue weighted by Crippen LogP contribution is -2.28. The van der Waals surface area contributed by atoms with Gasteiger partial charge in [0.25, 0.3) is 0 Å². The fraction of sp³-hybridized carbons (Fsp3) is 0.235. The summed E-state index contributed by atoms with van der Waals surface area (Å²) in [4.78, 5) is 13.1. The van der Waals surface area contributed by atoms with Gasteiger partial charge in [-0.2, -0.15) is 0 Å². The van der Waals surface area contributed by atoms with Crippen LogP contribution in [-0.4, -0.2) is 11.7 Å². The highest BCUT2D eigenvalue weighted by atomic mass is 32.2. The number of carbonyl (C=O) groups excluding carboxylic acids is 1. The molecule has 0 fully saturated rings. The van der Waals surface area contributed by atoms with Gasteiger partial charge in [-0.15, -0.1) is 11.8 Å². The number of aryl methyl sites for hydroxylation is 1. The molecule has 0 saturated heterocycles. The minimum absolute atomic E-state index is 0.0277. The number of hydrogen-bond donors (Lipinski definition) is 1. The maximum absolute atomic E-state index is 12.9. The second kappa shape index (κ2) is 7.27. The molecule has 1 unspecified atom stereocenters. The van der Waals surface area contributed by atoms with E-state index in [1.54, 1.807) is 12.1 Å². The number of nitrogens with one attached hydrogen (secondary N) is 1. The summed E-state index contributed by atoms with van der Waals surface area (Å²) < 4.78 is 12.9. The first-order chi connectivity index (χ1) is 10.1. The largest absolute Gasteiger partial charge is 0.349 e. The molecule has 0 aliphatic rings. The van der Waals surface area contributed by atoms with Crippen LogP contribution in [0.2, 0.25) is 0 Å². The van der Waals surface area contributed by atoms with Crippen molar-refractivity contribution in [3.05, 3.63) is 65.5 Å². The van der Waals surface area contributed by atoms with Crippen LogP contribution in [0.15, 0.2) is 53.4 Å². The first-order valence-electron chi connectivity index (χ1n) is 6.79. The van der Waals surface area contributed by atoms with E-state index in [1.807, 2.05) is 38.1 Å². The number of benzene rings is 2. The van der Waals surface area contributed by atoms with Crippen molar-refractivity contribution in [3.8, 4) is 0 Å². The summed E-state index contributed by atoms with van der Waals surface area (Å²) in [6.07, 6.45) is 0. The highest BCUT2D eigenvalue weighted by molar-refractivity contribution is 8.00. The van der Waals surface area contributed by atoms with Crippen molar-refractivity contribution < 1.29 is 9.18 Å². The van der Waals surface area contributed by atoms with Crippen molar-refractivity contribution in [2.45, 2.75) is 24.8 Å². The molecular weight excluding hydrogens is 285 g/mol. The number of amides is 1. The van der Waals surface area contributed by atoms with Gasteiger partial charge in [0.05, 0.1) is 11.8 Å². The lowest BCUT2D eigenvalue weighted by atomic mass is 10.1. The lowest BCUT2D eigenvalue weighted by Gasteiger charge is -2.14. The van der Waals surface area contributed by atoms with Crippen LogP contribution in [0.4, 0.5) is 4.39 Å². The highest BCUT2D eigenvalue weighted by Crippen LogP contribution is 2.21. The van der Waals surface area contributed by atoms with E-state index in [4.69, 9.17) is 0 Å². The van der Waals surface area contributed by atoms with Crippen molar-refractivity contribution in [2.24, 2.45) is 0 Å². The quantitative estimate of drug-likeness (QED) is 0.842. The molecule has 0 saturated carbocycles. The zero-order valence-corrected chi connectivity index (χ0v) is 12.9. The summed E-state index contributed by atoms with van der Waals surface area (Å²) in [5, 5.41) is 2.92. The molecule has 2 aromatic rings. The van der Waals surface area contributed by atoms with Crippen LogP contribution in [0, 0.1) is 12.7 Å². The first kappa shape index (κ1) is 15.6. The molecule has 2 aromatic carbocycles. The number of halogens is 1. The van der Waals surface area contributed by atoms with E-state index >= 15 is 0 Å². The van der Waals surface area contributed by atoms with Crippen LogP contribution in [0.3, 0.4) is 0 Å². The Kier molecular flexibility index (Phi) is 5.39. The number of carbonyl (C=O) groups is 1. The average molecular weight is 303 g/mol. The van der Waals surface area contributed by atoms with E-state index in [0.29, 0.717) is 5.75 Å². The maximum atomic E-state index is 12.9. The molecule has 1 atom stereocenters. The van der Waals surface area contributed by atoms with Crippen LogP contribution in [0.25, 0.3) is 0 Å². The van der Waals surface area contributed by atoms with Gasteiger partial charge in [0.1, 0.15) is 5.82 Å². The van der Waals surface area contributed by atoms with Gasteiger partial charge in [0, 0.05) is 4.90 Å². The van der Waals surface area contributed by atoms with E-state index in [9.17, 15) is 9.18 Å². The third-order valence-electron chi connectivity index (χ3n) is 3.20. The van der Waals surface area contributed by atoms with E-state index in [2.05, 4.69) is 5.32 Å². The average Bonchev–Trinajstić information content (AvgIpc) is 2.47. The monoisotopic (exact) mass is 303 g/mol. The van der Waals surface area contributed by atoms with Gasteiger partial charge in [-0.3, -0.25) is 4.79 Å². The van der Waals surface area contributed by atoms with Crippen LogP contribution in [0.1, 0.15) is 24.1 Å². The molecule has 0 bridgehead atoms. The van der Waals surface area contributed by atoms with Crippen molar-refractivity contribution >= 4 is 17.7 Å². The highest BCUT2D eigenvalue weighted by Gasteiger charge is 2.10. The van der Waals surface area contributed by atoms with E-state index in [0.717, 1.165) is 10.5 Å². The molecule has 110 valence electrons. The van der Waals surface area contributed by atoms with Crippen LogP contribution < -0.4 is 5.32 Å². The Balaban J connectivity index is 1.87. The summed E-state index contributed by atoms with van der Waals surface area (Å²) in [5.74, 6) is 0.0728. The smallest absolute Gasteiger partial charge is 0.230 e. The number of thioether (sulfide) groups is 1. The molecule has 1 N–H and O–H groups in total. The summed E-state index contributed by atoms with van der Waals surface area (Å²) in [7, 11) is 0. The van der Waals surface area contributed by atoms with Crippen molar-refractivity contribution in [1.29, 1.82) is 0 Å². The molecular formula is C17H18FNOS. The summed E-state index contributed by atoms with van der Waals surface area (Å²) in [5.41, 5.74) is 2.06. The van der Waals surface area contributed by atoms with Crippen molar-refractivity contribution in [3.63, 3.8) is 0 Å². The fourth-order valence-electron chi connectivity index (χ4n) is 1.98. The Labute approximate surface area is 128 Å². The van der Waals surface area contributed by atoms with Gasteiger partial charge in [0.2, 0.25) is 5.91 Å². The summed E-state index contributed by atoms with van der Waals surface area (Å²) >= 11 is 1.52. The zero-order valence-electron chi connectivity index (χ0n) is 12.1. The maximum Gasteiger partial charge on any atom is 0.230 e. The molecule has 0 heterocycles. The van der Waals surface area contributed by atoms with Crippen molar-refractivity contribution in [1.82, 2.24) is 5.32 Å². The normalized spacial score (nSPS) is 12.0. The van der Waals surface area contributed by atoms with Gasteiger partial charge in [0.15, 0.2) is 0 Å². The Morgan fingerprint density at radius 2 is 1.86 bits per heavy atom. The minimum atomic E-state index is -0.271. The van der Waals surface area contributed by atoms with Gasteiger partial charge in [-0.05, 0) is 43.2 Å². The Morgan fingerprint density at radius 1 is 1.19 bits per heavy atom. The molecule has 21 heavy (non-hydrogen) atoms. The minimum Gasteiger partial charge on any atom is -0.349 e. The van der Waals surface area contributed by atoms with Gasteiger partial charge < -0.3 is 5.32 Å². The standard InChI is InChI=1S/C17H18FNOS/c1-12-5-3-4-6-16(12)21-11-17(20)19-13(2)14-7-9-15(18)10-8-14/h3-10,13H,11H2,1-2H3,(H,19,20). The van der Waals surface area contributed by atoms with Gasteiger partial charge in [-0.25, -0.2) is 4.39 Å². The summed E-state index contributed by atoms with van der Waals surface area (Å²) in [6.45, 7) is 3.92. The molecule has 0 radical (unpaired) electrons.